The first-order chi connectivity index (χ1) is 10.3. The van der Waals surface area contributed by atoms with Crippen LogP contribution in [-0.4, -0.2) is 59.5 Å². The molecule has 1 N–H and O–H groups in total. The lowest BCUT2D eigenvalue weighted by molar-refractivity contribution is -0.136. The highest BCUT2D eigenvalue weighted by Crippen LogP contribution is 2.24. The first kappa shape index (κ1) is 14.5. The molecule has 0 spiro atoms. The van der Waals surface area contributed by atoms with Crippen LogP contribution < -0.4 is 5.32 Å². The van der Waals surface area contributed by atoms with Crippen molar-refractivity contribution in [1.29, 1.82) is 0 Å². The summed E-state index contributed by atoms with van der Waals surface area (Å²) in [6.45, 7) is 6.67. The molecule has 21 heavy (non-hydrogen) atoms. The fraction of sp³-hybridized carbons (Fsp3) is 0.625. The normalized spacial score (nSPS) is 25.0. The van der Waals surface area contributed by atoms with Crippen LogP contribution in [0.4, 0.5) is 0 Å². The molecule has 2 aliphatic rings. The van der Waals surface area contributed by atoms with E-state index in [9.17, 15) is 4.79 Å². The smallest absolute Gasteiger partial charge is 0.246 e. The van der Waals surface area contributed by atoms with Gasteiger partial charge in [-0.3, -0.25) is 14.7 Å². The first-order valence-corrected chi connectivity index (χ1v) is 7.93. The average molecular weight is 288 g/mol. The number of hydrogen-bond donors (Lipinski definition) is 1. The standard InChI is InChI=1S/C16H24N4O/c1-13-12-20(11-8-17-13)15(14-6-2-3-7-18-14)16(21)19-9-4-5-10-19/h2-3,6-7,13,15,17H,4-5,8-12H2,1H3. The van der Waals surface area contributed by atoms with Crippen LogP contribution in [0.3, 0.4) is 0 Å². The van der Waals surface area contributed by atoms with Crippen molar-refractivity contribution in [3.05, 3.63) is 30.1 Å². The zero-order chi connectivity index (χ0) is 14.7. The highest BCUT2D eigenvalue weighted by molar-refractivity contribution is 5.83. The van der Waals surface area contributed by atoms with Gasteiger partial charge in [0.05, 0.1) is 5.69 Å². The minimum absolute atomic E-state index is 0.223. The minimum Gasteiger partial charge on any atom is -0.341 e. The third-order valence-electron chi connectivity index (χ3n) is 4.38. The van der Waals surface area contributed by atoms with E-state index in [4.69, 9.17) is 0 Å². The summed E-state index contributed by atoms with van der Waals surface area (Å²) in [7, 11) is 0. The summed E-state index contributed by atoms with van der Waals surface area (Å²) in [5, 5.41) is 3.44. The second kappa shape index (κ2) is 6.54. The van der Waals surface area contributed by atoms with E-state index in [1.54, 1.807) is 6.20 Å². The number of likely N-dealkylation sites (tertiary alicyclic amines) is 1. The van der Waals surface area contributed by atoms with Gasteiger partial charge in [-0.2, -0.15) is 0 Å². The van der Waals surface area contributed by atoms with Crippen LogP contribution in [-0.2, 0) is 4.79 Å². The Labute approximate surface area is 126 Å². The fourth-order valence-electron chi connectivity index (χ4n) is 3.31. The Morgan fingerprint density at radius 1 is 1.33 bits per heavy atom. The van der Waals surface area contributed by atoms with E-state index < -0.39 is 0 Å². The Bertz CT molecular complexity index is 472. The zero-order valence-corrected chi connectivity index (χ0v) is 12.7. The molecule has 2 aliphatic heterocycles. The van der Waals surface area contributed by atoms with Gasteiger partial charge in [-0.05, 0) is 31.9 Å². The van der Waals surface area contributed by atoms with Crippen molar-refractivity contribution in [2.24, 2.45) is 0 Å². The molecule has 2 saturated heterocycles. The molecule has 3 heterocycles. The molecule has 2 unspecified atom stereocenters. The van der Waals surface area contributed by atoms with E-state index in [1.165, 1.54) is 0 Å². The Hall–Kier alpha value is -1.46. The van der Waals surface area contributed by atoms with Crippen molar-refractivity contribution in [2.75, 3.05) is 32.7 Å². The van der Waals surface area contributed by atoms with Crippen molar-refractivity contribution in [3.63, 3.8) is 0 Å². The number of rotatable bonds is 3. The third-order valence-corrected chi connectivity index (χ3v) is 4.38. The van der Waals surface area contributed by atoms with Gasteiger partial charge in [0, 0.05) is 45.0 Å². The van der Waals surface area contributed by atoms with Crippen molar-refractivity contribution in [2.45, 2.75) is 31.8 Å². The van der Waals surface area contributed by atoms with Gasteiger partial charge in [0.2, 0.25) is 5.91 Å². The molecule has 0 saturated carbocycles. The molecule has 1 amide bonds. The van der Waals surface area contributed by atoms with Crippen LogP contribution in [0, 0.1) is 0 Å². The third kappa shape index (κ3) is 3.24. The van der Waals surface area contributed by atoms with Gasteiger partial charge in [0.25, 0.3) is 0 Å². The maximum Gasteiger partial charge on any atom is 0.246 e. The number of amides is 1. The van der Waals surface area contributed by atoms with Gasteiger partial charge in [0.1, 0.15) is 6.04 Å². The van der Waals surface area contributed by atoms with Crippen molar-refractivity contribution in [3.8, 4) is 0 Å². The molecule has 0 radical (unpaired) electrons. The Kier molecular flexibility index (Phi) is 4.51. The molecule has 3 rings (SSSR count). The summed E-state index contributed by atoms with van der Waals surface area (Å²) < 4.78 is 0. The quantitative estimate of drug-likeness (QED) is 0.903. The van der Waals surface area contributed by atoms with Gasteiger partial charge in [0.15, 0.2) is 0 Å². The molecule has 2 atom stereocenters. The van der Waals surface area contributed by atoms with Crippen LogP contribution in [0.1, 0.15) is 31.5 Å². The molecule has 5 nitrogen and oxygen atoms in total. The number of pyridine rings is 1. The molecule has 1 aromatic rings. The van der Waals surface area contributed by atoms with Crippen molar-refractivity contribution >= 4 is 5.91 Å². The van der Waals surface area contributed by atoms with E-state index in [1.807, 2.05) is 23.1 Å². The SMILES string of the molecule is CC1CN(C(C(=O)N2CCCC2)c2ccccn2)CCN1. The Morgan fingerprint density at radius 3 is 2.81 bits per heavy atom. The van der Waals surface area contributed by atoms with E-state index in [0.29, 0.717) is 6.04 Å². The van der Waals surface area contributed by atoms with Crippen LogP contribution in [0.15, 0.2) is 24.4 Å². The number of nitrogens with one attached hydrogen (secondary N) is 1. The van der Waals surface area contributed by atoms with E-state index in [-0.39, 0.29) is 11.9 Å². The molecule has 0 aliphatic carbocycles. The molecule has 114 valence electrons. The van der Waals surface area contributed by atoms with Crippen LogP contribution in [0.5, 0.6) is 0 Å². The zero-order valence-electron chi connectivity index (χ0n) is 12.7. The number of carbonyl (C=O) groups is 1. The van der Waals surface area contributed by atoms with E-state index in [2.05, 4.69) is 22.1 Å². The van der Waals surface area contributed by atoms with Gasteiger partial charge < -0.3 is 10.2 Å². The monoisotopic (exact) mass is 288 g/mol. The van der Waals surface area contributed by atoms with Crippen molar-refractivity contribution in [1.82, 2.24) is 20.1 Å². The predicted molar refractivity (Wildman–Crippen MR) is 81.8 cm³/mol. The van der Waals surface area contributed by atoms with Crippen LogP contribution in [0.2, 0.25) is 0 Å². The highest BCUT2D eigenvalue weighted by atomic mass is 16.2. The summed E-state index contributed by atoms with van der Waals surface area (Å²) in [5.74, 6) is 0.223. The molecule has 1 aromatic heterocycles. The second-order valence-corrected chi connectivity index (χ2v) is 6.04. The maximum absolute atomic E-state index is 13.0. The van der Waals surface area contributed by atoms with Gasteiger partial charge in [-0.15, -0.1) is 0 Å². The number of nitrogens with zero attached hydrogens (tertiary/aromatic N) is 3. The molecule has 5 heteroatoms. The number of hydrogen-bond acceptors (Lipinski definition) is 4. The topological polar surface area (TPSA) is 48.5 Å². The minimum atomic E-state index is -0.228. The summed E-state index contributed by atoms with van der Waals surface area (Å²) in [5.41, 5.74) is 0.878. The van der Waals surface area contributed by atoms with Gasteiger partial charge >= 0.3 is 0 Å². The lowest BCUT2D eigenvalue weighted by atomic mass is 10.1. The lowest BCUT2D eigenvalue weighted by Gasteiger charge is -2.38. The summed E-state index contributed by atoms with van der Waals surface area (Å²) >= 11 is 0. The van der Waals surface area contributed by atoms with E-state index >= 15 is 0 Å². The Balaban J connectivity index is 1.85. The first-order valence-electron chi connectivity index (χ1n) is 7.93. The average Bonchev–Trinajstić information content (AvgIpc) is 3.03. The lowest BCUT2D eigenvalue weighted by Crippen LogP contribution is -2.53. The summed E-state index contributed by atoms with van der Waals surface area (Å²) in [6, 6.07) is 6.04. The molecule has 0 bridgehead atoms. The van der Waals surface area contributed by atoms with E-state index in [0.717, 1.165) is 51.3 Å². The molecular weight excluding hydrogens is 264 g/mol. The molecular formula is C16H24N4O. The number of piperazine rings is 1. The van der Waals surface area contributed by atoms with Crippen LogP contribution >= 0.6 is 0 Å². The van der Waals surface area contributed by atoms with Crippen LogP contribution in [0.25, 0.3) is 0 Å². The fourth-order valence-corrected chi connectivity index (χ4v) is 3.31. The second-order valence-electron chi connectivity index (χ2n) is 6.04. The highest BCUT2D eigenvalue weighted by Gasteiger charge is 2.35. The Morgan fingerprint density at radius 2 is 2.14 bits per heavy atom. The maximum atomic E-state index is 13.0. The number of carbonyl (C=O) groups excluding carboxylic acids is 1. The summed E-state index contributed by atoms with van der Waals surface area (Å²) in [4.78, 5) is 21.7. The predicted octanol–water partition coefficient (Wildman–Crippen LogP) is 1.04. The summed E-state index contributed by atoms with van der Waals surface area (Å²) in [6.07, 6.45) is 4.03. The van der Waals surface area contributed by atoms with Gasteiger partial charge in [-0.25, -0.2) is 0 Å². The molecule has 2 fully saturated rings. The van der Waals surface area contributed by atoms with Crippen molar-refractivity contribution < 1.29 is 4.79 Å². The van der Waals surface area contributed by atoms with Gasteiger partial charge in [-0.1, -0.05) is 6.07 Å². The number of aromatic nitrogens is 1. The largest absolute Gasteiger partial charge is 0.341 e. The molecule has 0 aromatic carbocycles.